The molecule has 0 aliphatic rings. The molecule has 0 bridgehead atoms. The van der Waals surface area contributed by atoms with Crippen molar-refractivity contribution in [2.24, 2.45) is 5.73 Å². The van der Waals surface area contributed by atoms with Crippen LogP contribution in [0.15, 0.2) is 4.42 Å². The smallest absolute Gasteiger partial charge is 0.246 e. The van der Waals surface area contributed by atoms with E-state index in [0.29, 0.717) is 5.89 Å². The first kappa shape index (κ1) is 9.44. The maximum atomic E-state index is 9.16. The number of nitrogens with zero attached hydrogens (tertiary/aromatic N) is 2. The minimum Gasteiger partial charge on any atom is -0.421 e. The molecule has 2 atom stereocenters. The van der Waals surface area contributed by atoms with Crippen molar-refractivity contribution in [1.29, 1.82) is 0 Å². The predicted octanol–water partition coefficient (Wildman–Crippen LogP) is 0.362. The first-order valence-corrected chi connectivity index (χ1v) is 3.94. The van der Waals surface area contributed by atoms with Crippen molar-refractivity contribution in [2.45, 2.75) is 18.4 Å². The number of alkyl halides is 1. The van der Waals surface area contributed by atoms with Crippen LogP contribution in [0.25, 0.3) is 0 Å². The number of nitrogens with two attached hydrogens (primary N) is 1. The third kappa shape index (κ3) is 1.94. The van der Waals surface area contributed by atoms with Crippen molar-refractivity contribution >= 4 is 11.6 Å². The molecule has 0 spiro atoms. The fourth-order valence-corrected chi connectivity index (χ4v) is 0.731. The Labute approximate surface area is 74.5 Å². The Morgan fingerprint density at radius 3 is 2.58 bits per heavy atom. The van der Waals surface area contributed by atoms with Crippen molar-refractivity contribution in [1.82, 2.24) is 10.2 Å². The molecule has 5 nitrogen and oxygen atoms in total. The van der Waals surface area contributed by atoms with Crippen LogP contribution in [0, 0.1) is 0 Å². The van der Waals surface area contributed by atoms with Crippen LogP contribution in [0.2, 0.25) is 0 Å². The number of rotatable bonds is 3. The minimum absolute atomic E-state index is 0.0539. The van der Waals surface area contributed by atoms with Crippen molar-refractivity contribution in [3.05, 3.63) is 11.8 Å². The molecule has 0 radical (unpaired) electrons. The second-order valence-corrected chi connectivity index (χ2v) is 3.00. The quantitative estimate of drug-likeness (QED) is 0.674. The molecule has 0 aromatic carbocycles. The van der Waals surface area contributed by atoms with E-state index in [4.69, 9.17) is 26.9 Å². The molecule has 0 saturated heterocycles. The summed E-state index contributed by atoms with van der Waals surface area (Å²) in [6.07, 6.45) is -0.901. The zero-order chi connectivity index (χ0) is 9.14. The summed E-state index contributed by atoms with van der Waals surface area (Å²) in [4.78, 5) is 0. The van der Waals surface area contributed by atoms with Crippen molar-refractivity contribution in [3.63, 3.8) is 0 Å². The van der Waals surface area contributed by atoms with Gasteiger partial charge in [-0.25, -0.2) is 0 Å². The fourth-order valence-electron chi connectivity index (χ4n) is 0.643. The molecule has 0 aliphatic heterocycles. The standard InChI is InChI=1S/C6H10ClN3O2/c1-3(7)5-9-10-6(12-5)4(11)2-8/h3-4,11H,2,8H2,1H3. The second-order valence-electron chi connectivity index (χ2n) is 2.35. The average molecular weight is 192 g/mol. The molecular weight excluding hydrogens is 182 g/mol. The predicted molar refractivity (Wildman–Crippen MR) is 42.6 cm³/mol. The first-order valence-electron chi connectivity index (χ1n) is 3.50. The van der Waals surface area contributed by atoms with Gasteiger partial charge in [0, 0.05) is 6.54 Å². The van der Waals surface area contributed by atoms with Gasteiger partial charge in [-0.3, -0.25) is 0 Å². The monoisotopic (exact) mass is 191 g/mol. The highest BCUT2D eigenvalue weighted by atomic mass is 35.5. The molecule has 68 valence electrons. The molecule has 0 fully saturated rings. The van der Waals surface area contributed by atoms with Gasteiger partial charge in [-0.05, 0) is 6.92 Å². The Kier molecular flexibility index (Phi) is 3.02. The summed E-state index contributed by atoms with van der Waals surface area (Å²) in [5.74, 6) is 0.402. The highest BCUT2D eigenvalue weighted by Crippen LogP contribution is 2.19. The van der Waals surface area contributed by atoms with Crippen LogP contribution < -0.4 is 5.73 Å². The lowest BCUT2D eigenvalue weighted by molar-refractivity contribution is 0.149. The molecule has 6 heteroatoms. The largest absolute Gasteiger partial charge is 0.421 e. The SMILES string of the molecule is CC(Cl)c1nnc(C(O)CN)o1. The van der Waals surface area contributed by atoms with Crippen LogP contribution in [-0.4, -0.2) is 21.8 Å². The number of aliphatic hydroxyl groups excluding tert-OH is 1. The number of aromatic nitrogens is 2. The first-order chi connectivity index (χ1) is 5.65. The Bertz CT molecular complexity index is 251. The molecule has 0 aliphatic carbocycles. The van der Waals surface area contributed by atoms with Crippen LogP contribution in [0.4, 0.5) is 0 Å². The van der Waals surface area contributed by atoms with Gasteiger partial charge in [0.05, 0.1) is 0 Å². The maximum Gasteiger partial charge on any atom is 0.246 e. The van der Waals surface area contributed by atoms with Gasteiger partial charge >= 0.3 is 0 Å². The van der Waals surface area contributed by atoms with E-state index in [1.165, 1.54) is 0 Å². The zero-order valence-electron chi connectivity index (χ0n) is 6.57. The van der Waals surface area contributed by atoms with Crippen molar-refractivity contribution < 1.29 is 9.52 Å². The van der Waals surface area contributed by atoms with Crippen LogP contribution in [0.5, 0.6) is 0 Å². The van der Waals surface area contributed by atoms with Gasteiger partial charge in [-0.15, -0.1) is 21.8 Å². The summed E-state index contributed by atoms with van der Waals surface area (Å²) in [6, 6.07) is 0. The Hall–Kier alpha value is -0.650. The Balaban J connectivity index is 2.77. The molecule has 0 saturated carbocycles. The van der Waals surface area contributed by atoms with Crippen LogP contribution >= 0.6 is 11.6 Å². The molecular formula is C6H10ClN3O2. The summed E-state index contributed by atoms with van der Waals surface area (Å²) in [5.41, 5.74) is 5.18. The maximum absolute atomic E-state index is 9.16. The van der Waals surface area contributed by atoms with Gasteiger partial charge in [0.1, 0.15) is 11.5 Å². The van der Waals surface area contributed by atoms with E-state index in [-0.39, 0.29) is 17.8 Å². The van der Waals surface area contributed by atoms with Gasteiger partial charge in [0.25, 0.3) is 0 Å². The summed E-state index contributed by atoms with van der Waals surface area (Å²) < 4.78 is 5.01. The molecule has 2 unspecified atom stereocenters. The summed E-state index contributed by atoms with van der Waals surface area (Å²) in [7, 11) is 0. The molecule has 0 amide bonds. The number of aliphatic hydroxyl groups is 1. The molecule has 1 rings (SSSR count). The summed E-state index contributed by atoms with van der Waals surface area (Å²) in [6.45, 7) is 1.76. The molecule has 1 heterocycles. The average Bonchev–Trinajstić information content (AvgIpc) is 2.51. The molecule has 1 aromatic heterocycles. The number of halogens is 1. The lowest BCUT2D eigenvalue weighted by atomic mass is 10.4. The van der Waals surface area contributed by atoms with E-state index in [1.807, 2.05) is 0 Å². The van der Waals surface area contributed by atoms with E-state index in [2.05, 4.69) is 10.2 Å². The van der Waals surface area contributed by atoms with E-state index >= 15 is 0 Å². The van der Waals surface area contributed by atoms with Gasteiger partial charge in [0.2, 0.25) is 11.8 Å². The van der Waals surface area contributed by atoms with E-state index in [9.17, 15) is 0 Å². The lowest BCUT2D eigenvalue weighted by Gasteiger charge is -1.99. The van der Waals surface area contributed by atoms with Crippen molar-refractivity contribution in [2.75, 3.05) is 6.54 Å². The van der Waals surface area contributed by atoms with E-state index in [1.54, 1.807) is 6.92 Å². The topological polar surface area (TPSA) is 85.2 Å². The minimum atomic E-state index is -0.901. The van der Waals surface area contributed by atoms with Gasteiger partial charge in [0.15, 0.2) is 0 Å². The number of hydrogen-bond acceptors (Lipinski definition) is 5. The van der Waals surface area contributed by atoms with Crippen LogP contribution in [0.1, 0.15) is 30.2 Å². The highest BCUT2D eigenvalue weighted by molar-refractivity contribution is 6.20. The lowest BCUT2D eigenvalue weighted by Crippen LogP contribution is -2.11. The van der Waals surface area contributed by atoms with E-state index in [0.717, 1.165) is 0 Å². The fraction of sp³-hybridized carbons (Fsp3) is 0.667. The van der Waals surface area contributed by atoms with Gasteiger partial charge in [-0.2, -0.15) is 0 Å². The zero-order valence-corrected chi connectivity index (χ0v) is 7.32. The number of hydrogen-bond donors (Lipinski definition) is 2. The van der Waals surface area contributed by atoms with Gasteiger partial charge in [-0.1, -0.05) is 0 Å². The van der Waals surface area contributed by atoms with Crippen LogP contribution in [-0.2, 0) is 0 Å². The summed E-state index contributed by atoms with van der Waals surface area (Å²) >= 11 is 5.66. The Morgan fingerprint density at radius 1 is 1.58 bits per heavy atom. The van der Waals surface area contributed by atoms with Gasteiger partial charge < -0.3 is 15.3 Å². The summed E-state index contributed by atoms with van der Waals surface area (Å²) in [5, 5.41) is 16.0. The normalized spacial score (nSPS) is 16.0. The molecule has 1 aromatic rings. The molecule has 12 heavy (non-hydrogen) atoms. The van der Waals surface area contributed by atoms with E-state index < -0.39 is 6.10 Å². The molecule has 3 N–H and O–H groups in total. The third-order valence-corrected chi connectivity index (χ3v) is 1.49. The second kappa shape index (κ2) is 3.84. The highest BCUT2D eigenvalue weighted by Gasteiger charge is 2.16. The van der Waals surface area contributed by atoms with Crippen molar-refractivity contribution in [3.8, 4) is 0 Å². The van der Waals surface area contributed by atoms with Crippen LogP contribution in [0.3, 0.4) is 0 Å². The Morgan fingerprint density at radius 2 is 2.17 bits per heavy atom. The third-order valence-electron chi connectivity index (χ3n) is 1.30.